The summed E-state index contributed by atoms with van der Waals surface area (Å²) in [5.41, 5.74) is 5.43. The third-order valence-electron chi connectivity index (χ3n) is 7.40. The third-order valence-corrected chi connectivity index (χ3v) is 7.40. The van der Waals surface area contributed by atoms with E-state index >= 15 is 0 Å². The summed E-state index contributed by atoms with van der Waals surface area (Å²) in [6, 6.07) is 15.6. The van der Waals surface area contributed by atoms with Gasteiger partial charge < -0.3 is 31.3 Å². The number of benzene rings is 2. The maximum Gasteiger partial charge on any atom is 0.209 e. The molecule has 0 atom stereocenters. The Bertz CT molecular complexity index is 1220. The third kappa shape index (κ3) is 9.74. The van der Waals surface area contributed by atoms with Gasteiger partial charge in [0.2, 0.25) is 5.78 Å². The Kier molecular flexibility index (Phi) is 14.1. The molecule has 0 aromatic heterocycles. The summed E-state index contributed by atoms with van der Waals surface area (Å²) < 4.78 is 0. The van der Waals surface area contributed by atoms with Gasteiger partial charge in [-0.2, -0.15) is 0 Å². The number of aliphatic hydroxyl groups excluding tert-OH is 3. The van der Waals surface area contributed by atoms with E-state index in [1.54, 1.807) is 0 Å². The molecular weight excluding hydrogens is 528 g/mol. The highest BCUT2D eigenvalue weighted by molar-refractivity contribution is 6.27. The summed E-state index contributed by atoms with van der Waals surface area (Å²) in [7, 11) is 0. The summed E-state index contributed by atoms with van der Waals surface area (Å²) in [5, 5.41) is 39.1. The number of carbonyl (C=O) groups is 1. The fraction of sp³-hybridized carbons (Fsp3) is 0.471. The molecule has 0 saturated heterocycles. The first-order chi connectivity index (χ1) is 20.5. The van der Waals surface area contributed by atoms with Crippen molar-refractivity contribution in [2.45, 2.75) is 78.1 Å². The largest absolute Gasteiger partial charge is 0.505 e. The van der Waals surface area contributed by atoms with Crippen LogP contribution >= 0.6 is 0 Å². The number of nitrogens with zero attached hydrogens (tertiary/aromatic N) is 1. The number of nitrogens with one attached hydrogen (secondary N) is 3. The van der Waals surface area contributed by atoms with E-state index in [9.17, 15) is 9.90 Å². The monoisotopic (exact) mass is 576 g/mol. The summed E-state index contributed by atoms with van der Waals surface area (Å²) in [5.74, 6) is -0.247. The number of hydrogen-bond acceptors (Lipinski definition) is 8. The second-order valence-corrected chi connectivity index (χ2v) is 10.6. The molecule has 1 aliphatic carbocycles. The van der Waals surface area contributed by atoms with Crippen LogP contribution in [0.3, 0.4) is 0 Å². The van der Waals surface area contributed by atoms with E-state index in [1.165, 1.54) is 0 Å². The van der Waals surface area contributed by atoms with Gasteiger partial charge in [0, 0.05) is 54.5 Å². The summed E-state index contributed by atoms with van der Waals surface area (Å²) in [6.07, 6.45) is 8.96. The van der Waals surface area contributed by atoms with Gasteiger partial charge in [0.05, 0.1) is 11.4 Å². The van der Waals surface area contributed by atoms with Crippen molar-refractivity contribution in [2.75, 3.05) is 42.3 Å². The smallest absolute Gasteiger partial charge is 0.209 e. The molecule has 228 valence electrons. The normalized spacial score (nSPS) is 14.6. The summed E-state index contributed by atoms with van der Waals surface area (Å²) >= 11 is 0. The number of carbonyl (C=O) groups excluding carboxylic acids is 1. The van der Waals surface area contributed by atoms with Crippen molar-refractivity contribution in [3.63, 3.8) is 0 Å². The van der Waals surface area contributed by atoms with Crippen molar-refractivity contribution in [3.05, 3.63) is 71.1 Å². The van der Waals surface area contributed by atoms with E-state index in [0.717, 1.165) is 81.5 Å². The Balaban J connectivity index is 1.72. The fourth-order valence-electron chi connectivity index (χ4n) is 4.97. The molecule has 0 fully saturated rings. The molecule has 0 saturated carbocycles. The molecule has 0 radical (unpaired) electrons. The SMILES string of the molecule is CCC1=C(O)/C(=N\c2ccc(NCCCCCCO)cc2)C(CC)=C(Nc2ccc(NCCCCCCO)cc2)C1=O. The molecular formula is C34H48N4O4. The molecule has 42 heavy (non-hydrogen) atoms. The maximum absolute atomic E-state index is 13.4. The first-order valence-electron chi connectivity index (χ1n) is 15.5. The van der Waals surface area contributed by atoms with E-state index < -0.39 is 0 Å². The van der Waals surface area contributed by atoms with Crippen molar-refractivity contribution in [1.82, 2.24) is 0 Å². The van der Waals surface area contributed by atoms with Crippen LogP contribution in [0.25, 0.3) is 0 Å². The lowest BCUT2D eigenvalue weighted by Crippen LogP contribution is -2.27. The van der Waals surface area contributed by atoms with Crippen molar-refractivity contribution >= 4 is 34.2 Å². The minimum Gasteiger partial charge on any atom is -0.505 e. The van der Waals surface area contributed by atoms with E-state index in [0.29, 0.717) is 41.1 Å². The summed E-state index contributed by atoms with van der Waals surface area (Å²) in [4.78, 5) is 18.2. The van der Waals surface area contributed by atoms with Gasteiger partial charge in [-0.3, -0.25) is 4.79 Å². The Hall–Kier alpha value is -3.62. The number of rotatable bonds is 19. The highest BCUT2D eigenvalue weighted by Gasteiger charge is 2.31. The topological polar surface area (TPSA) is 126 Å². The van der Waals surface area contributed by atoms with E-state index in [1.807, 2.05) is 62.4 Å². The standard InChI is InChI=1S/C34H48N4O4/c1-3-29-31(37-27-17-13-25(14-18-27)35-21-9-5-7-11-23-39)33(41)30(4-2)34(42)32(29)38-28-19-15-26(16-20-28)36-22-10-6-8-12-24-40/h13-20,35-37,39-40,42H,3-12,21-24H2,1-2H3/b38-32-. The van der Waals surface area contributed by atoms with Crippen LogP contribution in [0.2, 0.25) is 0 Å². The quantitative estimate of drug-likeness (QED) is 0.0767. The molecule has 0 aliphatic heterocycles. The van der Waals surface area contributed by atoms with Crippen LogP contribution in [-0.2, 0) is 4.79 Å². The fourth-order valence-corrected chi connectivity index (χ4v) is 4.97. The van der Waals surface area contributed by atoms with Gasteiger partial charge in [0.25, 0.3) is 0 Å². The molecule has 8 nitrogen and oxygen atoms in total. The number of Topliss-reactive ketones (excluding diaryl/α,β-unsaturated/α-hetero) is 1. The lowest BCUT2D eigenvalue weighted by Gasteiger charge is -2.24. The predicted octanol–water partition coefficient (Wildman–Crippen LogP) is 7.27. The van der Waals surface area contributed by atoms with Gasteiger partial charge in [0.15, 0.2) is 0 Å². The number of unbranched alkanes of at least 4 members (excludes halogenated alkanes) is 6. The highest BCUT2D eigenvalue weighted by atomic mass is 16.3. The Morgan fingerprint density at radius 2 is 1.12 bits per heavy atom. The van der Waals surface area contributed by atoms with Crippen molar-refractivity contribution in [2.24, 2.45) is 4.99 Å². The number of hydrogen-bond donors (Lipinski definition) is 6. The van der Waals surface area contributed by atoms with E-state index in [-0.39, 0.29) is 24.8 Å². The van der Waals surface area contributed by atoms with Crippen molar-refractivity contribution < 1.29 is 20.1 Å². The minimum absolute atomic E-state index is 0.0477. The van der Waals surface area contributed by atoms with Gasteiger partial charge in [0.1, 0.15) is 11.5 Å². The van der Waals surface area contributed by atoms with Gasteiger partial charge in [-0.05, 0) is 87.1 Å². The molecule has 6 N–H and O–H groups in total. The Labute approximate surface area is 250 Å². The second-order valence-electron chi connectivity index (χ2n) is 10.6. The predicted molar refractivity (Wildman–Crippen MR) is 174 cm³/mol. The highest BCUT2D eigenvalue weighted by Crippen LogP contribution is 2.31. The first-order valence-corrected chi connectivity index (χ1v) is 15.5. The van der Waals surface area contributed by atoms with Crippen LogP contribution < -0.4 is 16.0 Å². The number of aliphatic hydroxyl groups is 3. The lowest BCUT2D eigenvalue weighted by atomic mass is 9.88. The van der Waals surface area contributed by atoms with E-state index in [4.69, 9.17) is 15.2 Å². The molecule has 1 aliphatic rings. The molecule has 0 amide bonds. The molecule has 0 unspecified atom stereocenters. The van der Waals surface area contributed by atoms with Gasteiger partial charge in [-0.25, -0.2) is 4.99 Å². The first kappa shape index (κ1) is 32.9. The maximum atomic E-state index is 13.4. The summed E-state index contributed by atoms with van der Waals surface area (Å²) in [6.45, 7) is 6.07. The number of anilines is 3. The number of aliphatic imine (C=N–C) groups is 1. The van der Waals surface area contributed by atoms with Crippen LogP contribution in [0.1, 0.15) is 78.1 Å². The molecule has 2 aromatic carbocycles. The van der Waals surface area contributed by atoms with Crippen LogP contribution in [-0.4, -0.2) is 53.1 Å². The van der Waals surface area contributed by atoms with Crippen LogP contribution in [0, 0.1) is 0 Å². The Morgan fingerprint density at radius 1 is 0.643 bits per heavy atom. The van der Waals surface area contributed by atoms with Gasteiger partial charge in [-0.15, -0.1) is 0 Å². The van der Waals surface area contributed by atoms with Crippen molar-refractivity contribution in [3.8, 4) is 0 Å². The van der Waals surface area contributed by atoms with E-state index in [2.05, 4.69) is 16.0 Å². The van der Waals surface area contributed by atoms with Gasteiger partial charge in [-0.1, -0.05) is 39.5 Å². The average molecular weight is 577 g/mol. The van der Waals surface area contributed by atoms with Crippen LogP contribution in [0.15, 0.2) is 76.1 Å². The number of ketones is 1. The molecule has 8 heteroatoms. The zero-order valence-corrected chi connectivity index (χ0v) is 25.2. The average Bonchev–Trinajstić information content (AvgIpc) is 3.01. The lowest BCUT2D eigenvalue weighted by molar-refractivity contribution is -0.112. The molecule has 2 aromatic rings. The molecule has 0 bridgehead atoms. The molecule has 0 heterocycles. The Morgan fingerprint density at radius 3 is 1.62 bits per heavy atom. The van der Waals surface area contributed by atoms with Crippen LogP contribution in [0.4, 0.5) is 22.7 Å². The van der Waals surface area contributed by atoms with Crippen molar-refractivity contribution in [1.29, 1.82) is 0 Å². The zero-order chi connectivity index (χ0) is 30.2. The molecule has 0 spiro atoms. The minimum atomic E-state index is -0.200. The number of allylic oxidation sites excluding steroid dienone is 2. The zero-order valence-electron chi connectivity index (χ0n) is 25.2. The van der Waals surface area contributed by atoms with Crippen LogP contribution in [0.5, 0.6) is 0 Å². The second kappa shape index (κ2) is 18.0. The molecule has 3 rings (SSSR count). The van der Waals surface area contributed by atoms with Gasteiger partial charge >= 0.3 is 0 Å².